The van der Waals surface area contributed by atoms with E-state index in [0.717, 1.165) is 4.31 Å². The summed E-state index contributed by atoms with van der Waals surface area (Å²) in [6, 6.07) is 13.0. The highest BCUT2D eigenvalue weighted by atomic mass is 32.2. The number of carbonyl (C=O) groups is 2. The van der Waals surface area contributed by atoms with Gasteiger partial charge in [0.2, 0.25) is 10.0 Å². The van der Waals surface area contributed by atoms with Gasteiger partial charge in [-0.05, 0) is 43.7 Å². The van der Waals surface area contributed by atoms with Crippen molar-refractivity contribution in [2.45, 2.75) is 24.8 Å². The van der Waals surface area contributed by atoms with Gasteiger partial charge in [0.1, 0.15) is 0 Å². The molecule has 0 saturated carbocycles. The van der Waals surface area contributed by atoms with Crippen molar-refractivity contribution < 1.29 is 22.7 Å². The number of carbonyl (C=O) groups excluding carboxylic acids is 2. The van der Waals surface area contributed by atoms with Crippen LogP contribution in [0.5, 0.6) is 0 Å². The highest BCUT2D eigenvalue weighted by molar-refractivity contribution is 7.89. The number of benzene rings is 2. The van der Waals surface area contributed by atoms with Gasteiger partial charge in [-0.25, -0.2) is 17.5 Å². The maximum absolute atomic E-state index is 12.5. The standard InChI is InChI=1S/C19H22N2O5S/c1-13-10-11-16(27(24,25)21(3)4)12-17(13)19(23)26-14(2)18(22)20-15-8-6-5-7-9-15/h5-12,14H,1-4H3,(H,20,22)/t14-/m1/s1. The van der Waals surface area contributed by atoms with E-state index in [1.807, 2.05) is 6.07 Å². The number of hydrogen-bond donors (Lipinski definition) is 1. The number of anilines is 1. The SMILES string of the molecule is Cc1ccc(S(=O)(=O)N(C)C)cc1C(=O)O[C@H](C)C(=O)Nc1ccccc1. The second kappa shape index (κ2) is 8.32. The second-order valence-electron chi connectivity index (χ2n) is 6.17. The Hall–Kier alpha value is -2.71. The largest absolute Gasteiger partial charge is 0.449 e. The predicted molar refractivity (Wildman–Crippen MR) is 102 cm³/mol. The zero-order valence-electron chi connectivity index (χ0n) is 15.6. The number of nitrogens with one attached hydrogen (secondary N) is 1. The van der Waals surface area contributed by atoms with Gasteiger partial charge in [-0.15, -0.1) is 0 Å². The average Bonchev–Trinajstić information content (AvgIpc) is 2.62. The molecule has 0 aliphatic carbocycles. The van der Waals surface area contributed by atoms with Crippen LogP contribution >= 0.6 is 0 Å². The Labute approximate surface area is 159 Å². The summed E-state index contributed by atoms with van der Waals surface area (Å²) in [4.78, 5) is 24.6. The van der Waals surface area contributed by atoms with Crippen LogP contribution in [0.15, 0.2) is 53.4 Å². The van der Waals surface area contributed by atoms with E-state index in [2.05, 4.69) is 5.32 Å². The number of amides is 1. The third-order valence-corrected chi connectivity index (χ3v) is 5.71. The Morgan fingerprint density at radius 2 is 1.70 bits per heavy atom. The van der Waals surface area contributed by atoms with Crippen LogP contribution in [0.1, 0.15) is 22.8 Å². The Bertz CT molecular complexity index is 940. The van der Waals surface area contributed by atoms with Crippen molar-refractivity contribution in [1.29, 1.82) is 0 Å². The Morgan fingerprint density at radius 3 is 2.30 bits per heavy atom. The lowest BCUT2D eigenvalue weighted by molar-refractivity contribution is -0.123. The molecule has 1 atom stereocenters. The van der Waals surface area contributed by atoms with Gasteiger partial charge >= 0.3 is 5.97 Å². The van der Waals surface area contributed by atoms with Gasteiger partial charge in [0.25, 0.3) is 5.91 Å². The number of sulfonamides is 1. The van der Waals surface area contributed by atoms with Gasteiger partial charge in [-0.2, -0.15) is 0 Å². The fraction of sp³-hybridized carbons (Fsp3) is 0.263. The maximum Gasteiger partial charge on any atom is 0.339 e. The van der Waals surface area contributed by atoms with E-state index in [-0.39, 0.29) is 10.5 Å². The number of ether oxygens (including phenoxy) is 1. The summed E-state index contributed by atoms with van der Waals surface area (Å²) >= 11 is 0. The van der Waals surface area contributed by atoms with Crippen molar-refractivity contribution in [2.75, 3.05) is 19.4 Å². The van der Waals surface area contributed by atoms with Crippen molar-refractivity contribution in [3.8, 4) is 0 Å². The molecule has 0 radical (unpaired) electrons. The van der Waals surface area contributed by atoms with E-state index < -0.39 is 28.0 Å². The van der Waals surface area contributed by atoms with Crippen LogP contribution in [0, 0.1) is 6.92 Å². The number of esters is 1. The summed E-state index contributed by atoms with van der Waals surface area (Å²) in [5.41, 5.74) is 1.23. The molecular weight excluding hydrogens is 368 g/mol. The number of rotatable bonds is 6. The van der Waals surface area contributed by atoms with Crippen LogP contribution in [-0.2, 0) is 19.6 Å². The molecule has 0 spiro atoms. The summed E-state index contributed by atoms with van der Waals surface area (Å²) < 4.78 is 30.8. The van der Waals surface area contributed by atoms with E-state index in [1.54, 1.807) is 31.2 Å². The Morgan fingerprint density at radius 1 is 1.07 bits per heavy atom. The lowest BCUT2D eigenvalue weighted by atomic mass is 10.1. The van der Waals surface area contributed by atoms with Gasteiger partial charge in [0, 0.05) is 19.8 Å². The van der Waals surface area contributed by atoms with Crippen LogP contribution in [0.2, 0.25) is 0 Å². The molecule has 2 rings (SSSR count). The predicted octanol–water partition coefficient (Wildman–Crippen LogP) is 2.43. The van der Waals surface area contributed by atoms with Gasteiger partial charge in [0.15, 0.2) is 6.10 Å². The van der Waals surface area contributed by atoms with Gasteiger partial charge in [-0.1, -0.05) is 24.3 Å². The average molecular weight is 390 g/mol. The van der Waals surface area contributed by atoms with E-state index >= 15 is 0 Å². The van der Waals surface area contributed by atoms with Crippen LogP contribution in [0.25, 0.3) is 0 Å². The monoisotopic (exact) mass is 390 g/mol. The third-order valence-electron chi connectivity index (χ3n) is 3.90. The van der Waals surface area contributed by atoms with Crippen LogP contribution in [0.3, 0.4) is 0 Å². The van der Waals surface area contributed by atoms with Crippen molar-refractivity contribution in [1.82, 2.24) is 4.31 Å². The molecule has 0 aliphatic heterocycles. The summed E-state index contributed by atoms with van der Waals surface area (Å²) in [5.74, 6) is -1.25. The molecule has 27 heavy (non-hydrogen) atoms. The van der Waals surface area contributed by atoms with Gasteiger partial charge < -0.3 is 10.1 Å². The van der Waals surface area contributed by atoms with Crippen molar-refractivity contribution >= 4 is 27.6 Å². The van der Waals surface area contributed by atoms with Crippen LogP contribution in [-0.4, -0.2) is 44.8 Å². The second-order valence-corrected chi connectivity index (χ2v) is 8.32. The Kier molecular flexibility index (Phi) is 6.35. The lowest BCUT2D eigenvalue weighted by Crippen LogP contribution is -2.30. The molecule has 144 valence electrons. The minimum atomic E-state index is -3.69. The van der Waals surface area contributed by atoms with E-state index in [0.29, 0.717) is 11.3 Å². The number of aryl methyl sites for hydroxylation is 1. The molecule has 0 saturated heterocycles. The molecule has 0 fully saturated rings. The summed E-state index contributed by atoms with van der Waals surface area (Å²) in [6.45, 7) is 3.11. The molecule has 0 aromatic heterocycles. The first-order valence-electron chi connectivity index (χ1n) is 8.23. The quantitative estimate of drug-likeness (QED) is 0.765. The first kappa shape index (κ1) is 20.6. The lowest BCUT2D eigenvalue weighted by Gasteiger charge is -2.16. The minimum absolute atomic E-state index is 0.0218. The van der Waals surface area contributed by atoms with Gasteiger partial charge in [-0.3, -0.25) is 4.79 Å². The van der Waals surface area contributed by atoms with Crippen molar-refractivity contribution in [2.24, 2.45) is 0 Å². The van der Waals surface area contributed by atoms with E-state index in [4.69, 9.17) is 4.74 Å². The van der Waals surface area contributed by atoms with Gasteiger partial charge in [0.05, 0.1) is 10.5 Å². The molecule has 8 heteroatoms. The number of hydrogen-bond acceptors (Lipinski definition) is 5. The zero-order chi connectivity index (χ0) is 20.2. The molecule has 0 unspecified atom stereocenters. The maximum atomic E-state index is 12.5. The molecule has 1 amide bonds. The first-order chi connectivity index (χ1) is 12.6. The molecule has 0 aliphatic rings. The topological polar surface area (TPSA) is 92.8 Å². The van der Waals surface area contributed by atoms with E-state index in [1.165, 1.54) is 39.2 Å². The van der Waals surface area contributed by atoms with E-state index in [9.17, 15) is 18.0 Å². The molecule has 2 aromatic carbocycles. The third kappa shape index (κ3) is 4.93. The fourth-order valence-corrected chi connectivity index (χ4v) is 3.16. The highest BCUT2D eigenvalue weighted by Crippen LogP contribution is 2.19. The first-order valence-corrected chi connectivity index (χ1v) is 9.67. The molecule has 0 heterocycles. The smallest absolute Gasteiger partial charge is 0.339 e. The molecule has 1 N–H and O–H groups in total. The minimum Gasteiger partial charge on any atom is -0.449 e. The number of nitrogens with zero attached hydrogens (tertiary/aromatic N) is 1. The van der Waals surface area contributed by atoms with Crippen LogP contribution in [0.4, 0.5) is 5.69 Å². The highest BCUT2D eigenvalue weighted by Gasteiger charge is 2.23. The molecular formula is C19H22N2O5S. The van der Waals surface area contributed by atoms with Crippen molar-refractivity contribution in [3.05, 3.63) is 59.7 Å². The summed E-state index contributed by atoms with van der Waals surface area (Å²) in [7, 11) is -0.877. The zero-order valence-corrected chi connectivity index (χ0v) is 16.4. The summed E-state index contributed by atoms with van der Waals surface area (Å²) in [5, 5.41) is 2.64. The fourth-order valence-electron chi connectivity index (χ4n) is 2.24. The molecule has 2 aromatic rings. The van der Waals surface area contributed by atoms with Crippen LogP contribution < -0.4 is 5.32 Å². The summed E-state index contributed by atoms with van der Waals surface area (Å²) in [6.07, 6.45) is -1.05. The molecule has 7 nitrogen and oxygen atoms in total. The Balaban J connectivity index is 2.16. The number of para-hydroxylation sites is 1. The van der Waals surface area contributed by atoms with Crippen molar-refractivity contribution in [3.63, 3.8) is 0 Å². The molecule has 0 bridgehead atoms. The normalized spacial score (nSPS) is 12.5.